The molecule has 2 saturated carbocycles. The smallest absolute Gasteiger partial charge is 0.137 e. The molecule has 1 nitrogen and oxygen atoms in total. The zero-order valence-corrected chi connectivity index (χ0v) is 10.8. The molecule has 0 aromatic heterocycles. The van der Waals surface area contributed by atoms with Gasteiger partial charge in [-0.1, -0.05) is 60.7 Å². The van der Waals surface area contributed by atoms with Crippen molar-refractivity contribution in [2.75, 3.05) is 0 Å². The Labute approximate surface area is 113 Å². The predicted molar refractivity (Wildman–Crippen MR) is 75.0 cm³/mol. The Hall–Kier alpha value is -1.89. The lowest BCUT2D eigenvalue weighted by molar-refractivity contribution is -0.119. The molecule has 4 rings (SSSR count). The number of ketones is 1. The van der Waals surface area contributed by atoms with Crippen LogP contribution in [0, 0.1) is 5.92 Å². The Morgan fingerprint density at radius 1 is 0.842 bits per heavy atom. The summed E-state index contributed by atoms with van der Waals surface area (Å²) in [6.07, 6.45) is 1.77. The van der Waals surface area contributed by atoms with Crippen LogP contribution in [0.15, 0.2) is 60.7 Å². The number of carbonyl (C=O) groups is 1. The summed E-state index contributed by atoms with van der Waals surface area (Å²) in [6.45, 7) is 0. The van der Waals surface area contributed by atoms with Gasteiger partial charge in [-0.3, -0.25) is 4.79 Å². The van der Waals surface area contributed by atoms with Gasteiger partial charge in [0, 0.05) is 23.7 Å². The molecule has 94 valence electrons. The van der Waals surface area contributed by atoms with E-state index in [4.69, 9.17) is 0 Å². The van der Waals surface area contributed by atoms with Crippen molar-refractivity contribution in [1.82, 2.24) is 0 Å². The molecule has 3 atom stereocenters. The lowest BCUT2D eigenvalue weighted by Crippen LogP contribution is -2.08. The first-order chi connectivity index (χ1) is 9.34. The van der Waals surface area contributed by atoms with Crippen molar-refractivity contribution in [1.29, 1.82) is 0 Å². The van der Waals surface area contributed by atoms with E-state index in [9.17, 15) is 4.79 Å². The molecule has 19 heavy (non-hydrogen) atoms. The van der Waals surface area contributed by atoms with Crippen molar-refractivity contribution < 1.29 is 4.79 Å². The van der Waals surface area contributed by atoms with Gasteiger partial charge in [0.15, 0.2) is 0 Å². The van der Waals surface area contributed by atoms with Crippen molar-refractivity contribution in [3.8, 4) is 0 Å². The van der Waals surface area contributed by atoms with E-state index in [1.165, 1.54) is 11.1 Å². The SMILES string of the molecule is O=C1CC[C@]2(c3ccccc3)[C@H](c3ccccc3)[C@H]12. The number of hydrogen-bond acceptors (Lipinski definition) is 1. The number of hydrogen-bond donors (Lipinski definition) is 0. The Morgan fingerprint density at radius 2 is 1.47 bits per heavy atom. The number of carbonyl (C=O) groups excluding carboxylic acids is 1. The highest BCUT2D eigenvalue weighted by molar-refractivity contribution is 5.92. The fourth-order valence-electron chi connectivity index (χ4n) is 4.11. The largest absolute Gasteiger partial charge is 0.299 e. The maximum atomic E-state index is 12.2. The normalized spacial score (nSPS) is 32.1. The first-order valence-electron chi connectivity index (χ1n) is 6.97. The molecule has 0 radical (unpaired) electrons. The van der Waals surface area contributed by atoms with Crippen molar-refractivity contribution in [2.45, 2.75) is 24.2 Å². The lowest BCUT2D eigenvalue weighted by Gasteiger charge is -2.15. The van der Waals surface area contributed by atoms with Crippen LogP contribution in [0.3, 0.4) is 0 Å². The Kier molecular flexibility index (Phi) is 2.20. The second kappa shape index (κ2) is 3.80. The Balaban J connectivity index is 1.81. The minimum atomic E-state index is 0.0969. The maximum absolute atomic E-state index is 12.2. The molecule has 0 heterocycles. The summed E-state index contributed by atoms with van der Waals surface area (Å²) in [5.74, 6) is 1.08. The van der Waals surface area contributed by atoms with E-state index in [0.717, 1.165) is 12.8 Å². The van der Waals surface area contributed by atoms with E-state index >= 15 is 0 Å². The molecule has 0 N–H and O–H groups in total. The first kappa shape index (κ1) is 11.0. The predicted octanol–water partition coefficient (Wildman–Crippen LogP) is 3.70. The molecule has 1 heteroatoms. The summed E-state index contributed by atoms with van der Waals surface area (Å²) in [5.41, 5.74) is 2.77. The van der Waals surface area contributed by atoms with E-state index in [0.29, 0.717) is 11.7 Å². The van der Waals surface area contributed by atoms with Crippen LogP contribution in [0.1, 0.15) is 29.9 Å². The third-order valence-corrected chi connectivity index (χ3v) is 4.94. The van der Waals surface area contributed by atoms with E-state index < -0.39 is 0 Å². The summed E-state index contributed by atoms with van der Waals surface area (Å²) in [4.78, 5) is 12.2. The minimum Gasteiger partial charge on any atom is -0.299 e. The highest BCUT2D eigenvalue weighted by Crippen LogP contribution is 2.72. The van der Waals surface area contributed by atoms with Gasteiger partial charge in [0.2, 0.25) is 0 Å². The van der Waals surface area contributed by atoms with E-state index in [1.54, 1.807) is 0 Å². The second-order valence-electron chi connectivity index (χ2n) is 5.74. The standard InChI is InChI=1S/C18H16O/c19-15-11-12-18(14-9-5-2-6-10-14)16(17(15)18)13-7-3-1-4-8-13/h1-10,16-17H,11-12H2/t16-,17+,18+/m1/s1. The van der Waals surface area contributed by atoms with Gasteiger partial charge in [-0.15, -0.1) is 0 Å². The Bertz CT molecular complexity index is 617. The van der Waals surface area contributed by atoms with Crippen LogP contribution in [-0.4, -0.2) is 5.78 Å². The van der Waals surface area contributed by atoms with Crippen molar-refractivity contribution in [3.05, 3.63) is 71.8 Å². The molecule has 2 aliphatic carbocycles. The molecule has 2 aromatic carbocycles. The summed E-state index contributed by atoms with van der Waals surface area (Å²) in [7, 11) is 0. The van der Waals surface area contributed by atoms with Crippen LogP contribution in [0.4, 0.5) is 0 Å². The zero-order chi connectivity index (χ0) is 12.9. The number of rotatable bonds is 2. The molecular formula is C18H16O. The van der Waals surface area contributed by atoms with E-state index in [-0.39, 0.29) is 11.3 Å². The second-order valence-corrected chi connectivity index (χ2v) is 5.74. The fourth-order valence-corrected chi connectivity index (χ4v) is 4.11. The summed E-state index contributed by atoms with van der Waals surface area (Å²) in [6, 6.07) is 21.1. The van der Waals surface area contributed by atoms with Gasteiger partial charge >= 0.3 is 0 Å². The molecule has 2 aromatic rings. The summed E-state index contributed by atoms with van der Waals surface area (Å²) < 4.78 is 0. The summed E-state index contributed by atoms with van der Waals surface area (Å²) >= 11 is 0. The third kappa shape index (κ3) is 1.39. The van der Waals surface area contributed by atoms with Crippen LogP contribution in [0.25, 0.3) is 0 Å². The van der Waals surface area contributed by atoms with Gasteiger partial charge in [0.1, 0.15) is 5.78 Å². The van der Waals surface area contributed by atoms with Gasteiger partial charge in [-0.25, -0.2) is 0 Å². The average molecular weight is 248 g/mol. The minimum absolute atomic E-state index is 0.0969. The molecule has 0 aliphatic heterocycles. The quantitative estimate of drug-likeness (QED) is 0.792. The van der Waals surface area contributed by atoms with Crippen LogP contribution in [0.5, 0.6) is 0 Å². The topological polar surface area (TPSA) is 17.1 Å². The molecule has 0 saturated heterocycles. The fraction of sp³-hybridized carbons (Fsp3) is 0.278. The van der Waals surface area contributed by atoms with Crippen molar-refractivity contribution in [3.63, 3.8) is 0 Å². The van der Waals surface area contributed by atoms with Crippen molar-refractivity contribution >= 4 is 5.78 Å². The number of fused-ring (bicyclic) bond motifs is 1. The Morgan fingerprint density at radius 3 is 2.16 bits per heavy atom. The van der Waals surface area contributed by atoms with E-state index in [2.05, 4.69) is 48.5 Å². The molecule has 0 bridgehead atoms. The van der Waals surface area contributed by atoms with Crippen LogP contribution in [0.2, 0.25) is 0 Å². The molecule has 0 spiro atoms. The lowest BCUT2D eigenvalue weighted by atomic mass is 9.88. The molecule has 2 fully saturated rings. The third-order valence-electron chi connectivity index (χ3n) is 4.94. The van der Waals surface area contributed by atoms with Crippen LogP contribution < -0.4 is 0 Å². The van der Waals surface area contributed by atoms with E-state index in [1.807, 2.05) is 12.1 Å². The number of benzene rings is 2. The van der Waals surface area contributed by atoms with Crippen LogP contribution in [-0.2, 0) is 10.2 Å². The van der Waals surface area contributed by atoms with Gasteiger partial charge in [0.25, 0.3) is 0 Å². The highest BCUT2D eigenvalue weighted by atomic mass is 16.1. The highest BCUT2D eigenvalue weighted by Gasteiger charge is 2.71. The summed E-state index contributed by atoms with van der Waals surface area (Å²) in [5, 5.41) is 0. The monoisotopic (exact) mass is 248 g/mol. The first-order valence-corrected chi connectivity index (χ1v) is 6.97. The van der Waals surface area contributed by atoms with Gasteiger partial charge < -0.3 is 0 Å². The van der Waals surface area contributed by atoms with Gasteiger partial charge in [-0.2, -0.15) is 0 Å². The molecule has 0 amide bonds. The molecular weight excluding hydrogens is 232 g/mol. The zero-order valence-electron chi connectivity index (χ0n) is 10.8. The van der Waals surface area contributed by atoms with Crippen LogP contribution >= 0.6 is 0 Å². The number of Topliss-reactive ketones (excluding diaryl/α,β-unsaturated/α-hetero) is 1. The molecule has 0 unspecified atom stereocenters. The van der Waals surface area contributed by atoms with Crippen molar-refractivity contribution in [2.24, 2.45) is 5.92 Å². The molecule has 2 aliphatic rings. The average Bonchev–Trinajstić information content (AvgIpc) is 3.06. The van der Waals surface area contributed by atoms with Gasteiger partial charge in [-0.05, 0) is 17.5 Å². The maximum Gasteiger partial charge on any atom is 0.137 e. The van der Waals surface area contributed by atoms with Gasteiger partial charge in [0.05, 0.1) is 0 Å².